The van der Waals surface area contributed by atoms with Crippen LogP contribution in [0.4, 0.5) is 18.0 Å². The van der Waals surface area contributed by atoms with Crippen LogP contribution in [-0.2, 0) is 11.0 Å². The molecular formula is C23H21F3N2O6S. The van der Waals surface area contributed by atoms with Crippen LogP contribution in [0.15, 0.2) is 41.3 Å². The minimum atomic E-state index is -4.70. The van der Waals surface area contributed by atoms with Crippen LogP contribution in [0.1, 0.15) is 21.5 Å². The molecule has 0 atom stereocenters. The Labute approximate surface area is 203 Å². The first kappa shape index (κ1) is 25.9. The van der Waals surface area contributed by atoms with Crippen LogP contribution in [0.25, 0.3) is 6.08 Å². The van der Waals surface area contributed by atoms with Gasteiger partial charge >= 0.3 is 6.18 Å². The van der Waals surface area contributed by atoms with Crippen LogP contribution < -0.4 is 19.5 Å². The fourth-order valence-corrected chi connectivity index (χ4v) is 4.20. The molecule has 1 aliphatic rings. The first-order valence-corrected chi connectivity index (χ1v) is 10.9. The number of rotatable bonds is 8. The van der Waals surface area contributed by atoms with Crippen LogP contribution >= 0.6 is 11.8 Å². The third-order valence-electron chi connectivity index (χ3n) is 4.96. The van der Waals surface area contributed by atoms with Gasteiger partial charge in [0.2, 0.25) is 5.75 Å². The summed E-state index contributed by atoms with van der Waals surface area (Å²) in [5.41, 5.74) is -1.10. The molecule has 2 aromatic rings. The summed E-state index contributed by atoms with van der Waals surface area (Å²) in [7, 11) is 4.33. The number of carbonyl (C=O) groups excluding carboxylic acids is 3. The van der Waals surface area contributed by atoms with Gasteiger partial charge in [0, 0.05) is 13.1 Å². The number of halogens is 3. The average molecular weight is 510 g/mol. The first-order valence-electron chi connectivity index (χ1n) is 10.1. The summed E-state index contributed by atoms with van der Waals surface area (Å²) in [5.74, 6) is -0.474. The maximum absolute atomic E-state index is 13.1. The minimum Gasteiger partial charge on any atom is -0.493 e. The molecule has 1 fully saturated rings. The van der Waals surface area contributed by atoms with Gasteiger partial charge in [-0.15, -0.1) is 0 Å². The number of thioether (sulfide) groups is 1. The van der Waals surface area contributed by atoms with E-state index in [0.29, 0.717) is 34.6 Å². The monoisotopic (exact) mass is 510 g/mol. The second kappa shape index (κ2) is 10.7. The summed E-state index contributed by atoms with van der Waals surface area (Å²) in [6, 6.07) is 7.56. The van der Waals surface area contributed by atoms with Gasteiger partial charge in [0.15, 0.2) is 11.5 Å². The van der Waals surface area contributed by atoms with Gasteiger partial charge < -0.3 is 19.5 Å². The van der Waals surface area contributed by atoms with Gasteiger partial charge in [0.1, 0.15) is 0 Å². The smallest absolute Gasteiger partial charge is 0.417 e. The fourth-order valence-electron chi connectivity index (χ4n) is 3.33. The summed E-state index contributed by atoms with van der Waals surface area (Å²) in [5, 5.41) is 1.76. The highest BCUT2D eigenvalue weighted by Gasteiger charge is 2.36. The zero-order valence-electron chi connectivity index (χ0n) is 18.9. The lowest BCUT2D eigenvalue weighted by Gasteiger charge is -2.15. The highest BCUT2D eigenvalue weighted by molar-refractivity contribution is 8.18. The minimum absolute atomic E-state index is 0.123. The molecule has 0 spiro atoms. The molecule has 0 aromatic heterocycles. The van der Waals surface area contributed by atoms with E-state index in [1.807, 2.05) is 0 Å². The van der Waals surface area contributed by atoms with Crippen molar-refractivity contribution in [3.05, 3.63) is 58.0 Å². The van der Waals surface area contributed by atoms with Crippen LogP contribution in [0.3, 0.4) is 0 Å². The summed E-state index contributed by atoms with van der Waals surface area (Å²) in [6.07, 6.45) is -3.22. The predicted molar refractivity (Wildman–Crippen MR) is 123 cm³/mol. The molecule has 0 aliphatic carbocycles. The maximum atomic E-state index is 13.1. The van der Waals surface area contributed by atoms with Crippen molar-refractivity contribution in [3.63, 3.8) is 0 Å². The lowest BCUT2D eigenvalue weighted by Crippen LogP contribution is -2.37. The molecule has 3 rings (SSSR count). The molecule has 1 N–H and O–H groups in total. The van der Waals surface area contributed by atoms with Crippen molar-refractivity contribution in [3.8, 4) is 17.2 Å². The number of alkyl halides is 3. The Morgan fingerprint density at radius 3 is 2.26 bits per heavy atom. The Morgan fingerprint density at radius 2 is 1.69 bits per heavy atom. The van der Waals surface area contributed by atoms with Gasteiger partial charge in [0.05, 0.1) is 37.4 Å². The fraction of sp³-hybridized carbons (Fsp3) is 0.261. The second-order valence-electron chi connectivity index (χ2n) is 7.09. The molecule has 35 heavy (non-hydrogen) atoms. The van der Waals surface area contributed by atoms with E-state index >= 15 is 0 Å². The zero-order valence-corrected chi connectivity index (χ0v) is 19.7. The normalized spacial score (nSPS) is 14.9. The standard InChI is InChI=1S/C23H21F3N2O6S/c1-32-16-10-13(11-17(33-2)19(16)34-3)12-18-21(30)28(22(31)35-18)9-8-27-20(29)14-6-4-5-7-15(14)23(24,25)26/h4-7,10-12H,8-9H2,1-3H3,(H,27,29)/b18-12+. The topological polar surface area (TPSA) is 94.2 Å². The lowest BCUT2D eigenvalue weighted by atomic mass is 10.1. The Kier molecular flexibility index (Phi) is 7.95. The third-order valence-corrected chi connectivity index (χ3v) is 5.86. The number of methoxy groups -OCH3 is 3. The van der Waals surface area contributed by atoms with E-state index in [1.54, 1.807) is 12.1 Å². The van der Waals surface area contributed by atoms with Crippen molar-refractivity contribution in [2.75, 3.05) is 34.4 Å². The number of ether oxygens (including phenoxy) is 3. The Morgan fingerprint density at radius 1 is 1.06 bits per heavy atom. The van der Waals surface area contributed by atoms with Crippen LogP contribution in [0.5, 0.6) is 17.2 Å². The van der Waals surface area contributed by atoms with Crippen molar-refractivity contribution in [1.29, 1.82) is 0 Å². The number of carbonyl (C=O) groups is 3. The van der Waals surface area contributed by atoms with Crippen LogP contribution in [-0.4, -0.2) is 56.4 Å². The van der Waals surface area contributed by atoms with E-state index in [9.17, 15) is 27.6 Å². The summed E-state index contributed by atoms with van der Waals surface area (Å²) >= 11 is 0.699. The number of benzene rings is 2. The molecule has 12 heteroatoms. The largest absolute Gasteiger partial charge is 0.493 e. The molecule has 3 amide bonds. The number of nitrogens with one attached hydrogen (secondary N) is 1. The second-order valence-corrected chi connectivity index (χ2v) is 8.08. The summed E-state index contributed by atoms with van der Waals surface area (Å²) < 4.78 is 55.2. The van der Waals surface area contributed by atoms with Crippen LogP contribution in [0.2, 0.25) is 0 Å². The number of imide groups is 1. The first-order chi connectivity index (χ1) is 16.6. The SMILES string of the molecule is COc1cc(/C=C2/SC(=O)N(CCNC(=O)c3ccccc3C(F)(F)F)C2=O)cc(OC)c1OC. The van der Waals surface area contributed by atoms with E-state index < -0.39 is 34.4 Å². The highest BCUT2D eigenvalue weighted by atomic mass is 32.2. The molecule has 186 valence electrons. The number of amides is 3. The molecule has 0 unspecified atom stereocenters. The maximum Gasteiger partial charge on any atom is 0.417 e. The molecule has 0 bridgehead atoms. The summed E-state index contributed by atoms with van der Waals surface area (Å²) in [6.45, 7) is -0.433. The molecule has 1 saturated heterocycles. The van der Waals surface area contributed by atoms with Gasteiger partial charge in [-0.05, 0) is 47.7 Å². The van der Waals surface area contributed by atoms with Gasteiger partial charge in [-0.2, -0.15) is 13.2 Å². The number of nitrogens with zero attached hydrogens (tertiary/aromatic N) is 1. The molecule has 2 aromatic carbocycles. The molecular weight excluding hydrogens is 489 g/mol. The van der Waals surface area contributed by atoms with E-state index in [1.165, 1.54) is 39.5 Å². The lowest BCUT2D eigenvalue weighted by molar-refractivity contribution is -0.138. The van der Waals surface area contributed by atoms with E-state index in [4.69, 9.17) is 14.2 Å². The van der Waals surface area contributed by atoms with E-state index in [0.717, 1.165) is 17.0 Å². The van der Waals surface area contributed by atoms with Crippen molar-refractivity contribution in [2.24, 2.45) is 0 Å². The van der Waals surface area contributed by atoms with Crippen molar-refractivity contribution in [1.82, 2.24) is 10.2 Å². The molecule has 0 radical (unpaired) electrons. The molecule has 8 nitrogen and oxygen atoms in total. The predicted octanol–water partition coefficient (Wildman–Crippen LogP) is 4.20. The molecule has 0 saturated carbocycles. The van der Waals surface area contributed by atoms with E-state index in [2.05, 4.69) is 5.32 Å². The van der Waals surface area contributed by atoms with Crippen molar-refractivity contribution >= 4 is 34.9 Å². The Hall–Kier alpha value is -3.67. The summed E-state index contributed by atoms with van der Waals surface area (Å²) in [4.78, 5) is 38.4. The third kappa shape index (κ3) is 5.70. The van der Waals surface area contributed by atoms with Crippen molar-refractivity contribution < 1.29 is 41.8 Å². The van der Waals surface area contributed by atoms with Gasteiger partial charge in [-0.3, -0.25) is 19.3 Å². The quantitative estimate of drug-likeness (QED) is 0.532. The molecule has 1 heterocycles. The highest BCUT2D eigenvalue weighted by Crippen LogP contribution is 2.40. The number of hydrogen-bond acceptors (Lipinski definition) is 7. The zero-order chi connectivity index (χ0) is 25.8. The van der Waals surface area contributed by atoms with Gasteiger partial charge in [0.25, 0.3) is 17.1 Å². The van der Waals surface area contributed by atoms with Gasteiger partial charge in [-0.1, -0.05) is 12.1 Å². The van der Waals surface area contributed by atoms with Crippen LogP contribution in [0, 0.1) is 0 Å². The molecule has 1 aliphatic heterocycles. The Bertz CT molecular complexity index is 1160. The van der Waals surface area contributed by atoms with Gasteiger partial charge in [-0.25, -0.2) is 0 Å². The number of hydrogen-bond donors (Lipinski definition) is 1. The van der Waals surface area contributed by atoms with Crippen molar-refractivity contribution in [2.45, 2.75) is 6.18 Å². The average Bonchev–Trinajstić information content (AvgIpc) is 3.09. The van der Waals surface area contributed by atoms with E-state index in [-0.39, 0.29) is 18.0 Å². The Balaban J connectivity index is 1.71.